The molecule has 1 saturated carbocycles. The molecule has 2 fully saturated rings. The van der Waals surface area contributed by atoms with Gasteiger partial charge in [-0.1, -0.05) is 24.6 Å². The molecule has 4 rings (SSSR count). The van der Waals surface area contributed by atoms with Crippen LogP contribution in [0.15, 0.2) is 12.1 Å². The first-order valence-electron chi connectivity index (χ1n) is 12.2. The van der Waals surface area contributed by atoms with Crippen molar-refractivity contribution in [3.63, 3.8) is 0 Å². The van der Waals surface area contributed by atoms with Crippen LogP contribution in [0, 0.1) is 5.92 Å². The van der Waals surface area contributed by atoms with Gasteiger partial charge in [0.15, 0.2) is 0 Å². The molecule has 3 aliphatic rings. The maximum absolute atomic E-state index is 13.4. The molecule has 6 nitrogen and oxygen atoms in total. The zero-order valence-electron chi connectivity index (χ0n) is 22.2. The third-order valence-electron chi connectivity index (χ3n) is 8.73. The number of ether oxygens (including phenoxy) is 1. The number of hydrogen-bond acceptors (Lipinski definition) is 6. The van der Waals surface area contributed by atoms with E-state index < -0.39 is 46.4 Å². The van der Waals surface area contributed by atoms with Gasteiger partial charge in [0, 0.05) is 21.6 Å². The molecule has 2 aliphatic heterocycles. The van der Waals surface area contributed by atoms with Crippen LogP contribution < -0.4 is 10.8 Å². The number of fused-ring (bicyclic) bond motifs is 3. The van der Waals surface area contributed by atoms with Crippen LogP contribution in [0.3, 0.4) is 0 Å². The molecule has 2 heterocycles. The lowest BCUT2D eigenvalue weighted by Crippen LogP contribution is -2.68. The fourth-order valence-corrected chi connectivity index (χ4v) is 6.25. The van der Waals surface area contributed by atoms with E-state index in [0.717, 1.165) is 11.3 Å². The van der Waals surface area contributed by atoms with E-state index in [1.165, 1.54) is 0 Å². The van der Waals surface area contributed by atoms with Crippen LogP contribution in [0.25, 0.3) is 0 Å². The van der Waals surface area contributed by atoms with Gasteiger partial charge in [0.1, 0.15) is 5.60 Å². The van der Waals surface area contributed by atoms with Crippen LogP contribution in [0.2, 0.25) is 5.02 Å². The fraction of sp³-hybridized carbons (Fsp3) is 0.731. The summed E-state index contributed by atoms with van der Waals surface area (Å²) in [5.74, 6) is -0.800. The Labute approximate surface area is 209 Å². The molecule has 0 radical (unpaired) electrons. The van der Waals surface area contributed by atoms with E-state index >= 15 is 0 Å². The van der Waals surface area contributed by atoms with Crippen LogP contribution >= 0.6 is 11.6 Å². The summed E-state index contributed by atoms with van der Waals surface area (Å²) >= 11 is 6.78. The molecule has 188 valence electrons. The van der Waals surface area contributed by atoms with Gasteiger partial charge in [0.2, 0.25) is 0 Å². The number of carbonyl (C=O) groups is 1. The zero-order chi connectivity index (χ0) is 25.7. The minimum absolute atomic E-state index is 0.290. The van der Waals surface area contributed by atoms with Gasteiger partial charge < -0.3 is 24.5 Å². The maximum atomic E-state index is 13.4. The Morgan fingerprint density at radius 2 is 1.68 bits per heavy atom. The molecular formula is C26H39BClNO5. The van der Waals surface area contributed by atoms with E-state index in [1.807, 2.05) is 81.4 Å². The van der Waals surface area contributed by atoms with E-state index in [1.54, 1.807) is 0 Å². The molecule has 1 aliphatic carbocycles. The summed E-state index contributed by atoms with van der Waals surface area (Å²) < 4.78 is 18.4. The van der Waals surface area contributed by atoms with Gasteiger partial charge in [-0.05, 0) is 86.8 Å². The molecule has 8 heteroatoms. The second-order valence-electron chi connectivity index (χ2n) is 12.9. The number of esters is 1. The number of aliphatic hydroxyl groups is 1. The Bertz CT molecular complexity index is 1020. The van der Waals surface area contributed by atoms with Crippen molar-refractivity contribution in [2.75, 3.05) is 5.32 Å². The van der Waals surface area contributed by atoms with Crippen molar-refractivity contribution in [3.8, 4) is 0 Å². The van der Waals surface area contributed by atoms with Crippen molar-refractivity contribution >= 4 is 35.8 Å². The standard InChI is InChI=1S/C26H39BClNO5/c1-21(2,3)32-20(30)15-11-12-26(31)22(4,5)29-19-14-18(28)17(13-16(19)25(15,26)10)27-33-23(6,7)24(8,9)34-27/h13-15,29,31H,11-12H2,1-10H3. The van der Waals surface area contributed by atoms with Gasteiger partial charge in [0.05, 0.1) is 28.3 Å². The second-order valence-corrected chi connectivity index (χ2v) is 13.4. The molecule has 3 atom stereocenters. The van der Waals surface area contributed by atoms with Crippen molar-refractivity contribution in [3.05, 3.63) is 22.7 Å². The lowest BCUT2D eigenvalue weighted by Gasteiger charge is -2.56. The highest BCUT2D eigenvalue weighted by Gasteiger charge is 2.69. The molecular weight excluding hydrogens is 453 g/mol. The monoisotopic (exact) mass is 491 g/mol. The fourth-order valence-electron chi connectivity index (χ4n) is 6.00. The lowest BCUT2D eigenvalue weighted by molar-refractivity contribution is -0.165. The van der Waals surface area contributed by atoms with Crippen LogP contribution in [0.4, 0.5) is 5.69 Å². The third kappa shape index (κ3) is 3.53. The quantitative estimate of drug-likeness (QED) is 0.466. The topological polar surface area (TPSA) is 77.0 Å². The largest absolute Gasteiger partial charge is 0.496 e. The van der Waals surface area contributed by atoms with Crippen LogP contribution in [-0.2, 0) is 24.3 Å². The number of benzene rings is 1. The van der Waals surface area contributed by atoms with Crippen molar-refractivity contribution in [2.24, 2.45) is 5.92 Å². The van der Waals surface area contributed by atoms with Crippen LogP contribution in [0.5, 0.6) is 0 Å². The third-order valence-corrected chi connectivity index (χ3v) is 9.05. The van der Waals surface area contributed by atoms with E-state index in [9.17, 15) is 9.90 Å². The Morgan fingerprint density at radius 3 is 2.21 bits per heavy atom. The number of anilines is 1. The summed E-state index contributed by atoms with van der Waals surface area (Å²) in [6, 6.07) is 3.82. The number of hydrogen-bond donors (Lipinski definition) is 2. The molecule has 0 aromatic heterocycles. The highest BCUT2D eigenvalue weighted by atomic mass is 35.5. The summed E-state index contributed by atoms with van der Waals surface area (Å²) in [6.07, 6.45) is 1.00. The zero-order valence-corrected chi connectivity index (χ0v) is 22.9. The minimum Gasteiger partial charge on any atom is -0.460 e. The van der Waals surface area contributed by atoms with Gasteiger partial charge in [-0.15, -0.1) is 0 Å². The van der Waals surface area contributed by atoms with Crippen molar-refractivity contribution in [1.82, 2.24) is 0 Å². The number of halogens is 1. The predicted octanol–water partition coefficient (Wildman–Crippen LogP) is 4.58. The molecule has 1 saturated heterocycles. The maximum Gasteiger partial charge on any atom is 0.496 e. The SMILES string of the molecule is CC(C)(C)OC(=O)C1CCC2(O)C(C)(C)Nc3cc(Cl)c(B4OC(C)(C)C(C)(C)O4)cc3C12C. The normalized spacial score (nSPS) is 33.2. The van der Waals surface area contributed by atoms with E-state index in [2.05, 4.69) is 5.32 Å². The molecule has 1 aromatic rings. The Kier molecular flexibility index (Phi) is 5.60. The first-order valence-corrected chi connectivity index (χ1v) is 12.6. The lowest BCUT2D eigenvalue weighted by atomic mass is 9.56. The summed E-state index contributed by atoms with van der Waals surface area (Å²) in [5.41, 5.74) is -2.11. The average Bonchev–Trinajstić information content (AvgIpc) is 3.04. The van der Waals surface area contributed by atoms with E-state index in [0.29, 0.717) is 23.3 Å². The first kappa shape index (κ1) is 25.8. The number of nitrogens with one attached hydrogen (secondary N) is 1. The molecule has 34 heavy (non-hydrogen) atoms. The highest BCUT2D eigenvalue weighted by molar-refractivity contribution is 6.65. The van der Waals surface area contributed by atoms with Crippen LogP contribution in [-0.4, -0.2) is 46.1 Å². The molecule has 0 amide bonds. The van der Waals surface area contributed by atoms with Gasteiger partial charge in [0.25, 0.3) is 0 Å². The number of carbonyl (C=O) groups excluding carboxylic acids is 1. The molecule has 3 unspecified atom stereocenters. The summed E-state index contributed by atoms with van der Waals surface area (Å²) in [5, 5.41) is 16.2. The first-order chi connectivity index (χ1) is 15.3. The van der Waals surface area contributed by atoms with E-state index in [-0.39, 0.29) is 5.97 Å². The second kappa shape index (κ2) is 7.38. The minimum atomic E-state index is -1.18. The summed E-state index contributed by atoms with van der Waals surface area (Å²) in [7, 11) is -0.657. The Morgan fingerprint density at radius 1 is 1.12 bits per heavy atom. The number of rotatable bonds is 2. The van der Waals surface area contributed by atoms with E-state index in [4.69, 9.17) is 25.6 Å². The average molecular weight is 492 g/mol. The molecule has 1 aromatic carbocycles. The predicted molar refractivity (Wildman–Crippen MR) is 136 cm³/mol. The van der Waals surface area contributed by atoms with Crippen LogP contribution in [0.1, 0.15) is 87.6 Å². The van der Waals surface area contributed by atoms with Gasteiger partial charge in [-0.3, -0.25) is 4.79 Å². The summed E-state index contributed by atoms with van der Waals surface area (Å²) in [4.78, 5) is 13.4. The van der Waals surface area contributed by atoms with Gasteiger partial charge in [-0.25, -0.2) is 0 Å². The smallest absolute Gasteiger partial charge is 0.460 e. The van der Waals surface area contributed by atoms with Gasteiger partial charge in [-0.2, -0.15) is 0 Å². The van der Waals surface area contributed by atoms with Crippen molar-refractivity contribution < 1.29 is 23.9 Å². The Hall–Kier alpha value is -1.28. The molecule has 0 bridgehead atoms. The molecule has 2 N–H and O–H groups in total. The van der Waals surface area contributed by atoms with Gasteiger partial charge >= 0.3 is 13.1 Å². The summed E-state index contributed by atoms with van der Waals surface area (Å²) in [6.45, 7) is 19.5. The van der Waals surface area contributed by atoms with Crippen molar-refractivity contribution in [1.29, 1.82) is 0 Å². The Balaban J connectivity index is 1.87. The molecule has 0 spiro atoms. The highest BCUT2D eigenvalue weighted by Crippen LogP contribution is 2.61. The van der Waals surface area contributed by atoms with Crippen molar-refractivity contribution in [2.45, 2.75) is 115 Å².